The SMILES string of the molecule is C1CCOC1.O=C(O)c1ccc(C(=O)O)cc1.O=C1OCCCCOC(=O)c2ccc1cc2. The molecule has 2 aromatic rings. The molecule has 0 radical (unpaired) electrons. The van der Waals surface area contributed by atoms with Gasteiger partial charge in [0, 0.05) is 13.2 Å². The number of fused-ring (bicyclic) bond motifs is 9. The number of carbonyl (C=O) groups is 4. The summed E-state index contributed by atoms with van der Waals surface area (Å²) in [4.78, 5) is 43.6. The molecule has 0 atom stereocenters. The average molecular weight is 458 g/mol. The van der Waals surface area contributed by atoms with Crippen LogP contribution in [-0.2, 0) is 14.2 Å². The topological polar surface area (TPSA) is 136 Å². The highest BCUT2D eigenvalue weighted by atomic mass is 16.5. The predicted octanol–water partition coefficient (Wildman–Crippen LogP) is 3.67. The molecule has 1 fully saturated rings. The summed E-state index contributed by atoms with van der Waals surface area (Å²) in [5.41, 5.74) is 1.08. The summed E-state index contributed by atoms with van der Waals surface area (Å²) < 4.78 is 15.0. The molecule has 3 aliphatic heterocycles. The van der Waals surface area contributed by atoms with Crippen LogP contribution >= 0.6 is 0 Å². The van der Waals surface area contributed by atoms with E-state index >= 15 is 0 Å². The number of esters is 2. The summed E-state index contributed by atoms with van der Waals surface area (Å²) >= 11 is 0. The zero-order chi connectivity index (χ0) is 24.1. The van der Waals surface area contributed by atoms with Gasteiger partial charge >= 0.3 is 23.9 Å². The van der Waals surface area contributed by atoms with Gasteiger partial charge in [-0.05, 0) is 74.2 Å². The maximum absolute atomic E-state index is 11.5. The molecule has 0 unspecified atom stereocenters. The van der Waals surface area contributed by atoms with E-state index in [1.165, 1.54) is 37.1 Å². The number of rotatable bonds is 2. The van der Waals surface area contributed by atoms with Crippen LogP contribution in [0.2, 0.25) is 0 Å². The van der Waals surface area contributed by atoms with Crippen molar-refractivity contribution in [2.75, 3.05) is 26.4 Å². The Labute approximate surface area is 190 Å². The van der Waals surface area contributed by atoms with Gasteiger partial charge in [0.25, 0.3) is 0 Å². The number of hydrogen-bond acceptors (Lipinski definition) is 7. The molecule has 0 amide bonds. The molecule has 5 rings (SSSR count). The summed E-state index contributed by atoms with van der Waals surface area (Å²) in [5.74, 6) is -2.82. The Morgan fingerprint density at radius 3 is 1.18 bits per heavy atom. The smallest absolute Gasteiger partial charge is 0.338 e. The van der Waals surface area contributed by atoms with Gasteiger partial charge in [-0.25, -0.2) is 19.2 Å². The Morgan fingerprint density at radius 2 is 0.909 bits per heavy atom. The van der Waals surface area contributed by atoms with Gasteiger partial charge in [0.2, 0.25) is 0 Å². The molecule has 1 saturated heterocycles. The van der Waals surface area contributed by atoms with E-state index in [0.717, 1.165) is 13.2 Å². The van der Waals surface area contributed by atoms with E-state index in [1.807, 2.05) is 0 Å². The Bertz CT molecular complexity index is 850. The fraction of sp³-hybridized carbons (Fsp3) is 0.333. The van der Waals surface area contributed by atoms with Crippen molar-refractivity contribution in [2.45, 2.75) is 25.7 Å². The fourth-order valence-corrected chi connectivity index (χ4v) is 2.71. The largest absolute Gasteiger partial charge is 0.478 e. The van der Waals surface area contributed by atoms with Crippen molar-refractivity contribution in [1.29, 1.82) is 0 Å². The fourth-order valence-electron chi connectivity index (χ4n) is 2.71. The molecule has 0 aromatic heterocycles. The van der Waals surface area contributed by atoms with E-state index in [4.69, 9.17) is 24.4 Å². The molecule has 2 N–H and O–H groups in total. The van der Waals surface area contributed by atoms with Crippen LogP contribution in [0, 0.1) is 0 Å². The van der Waals surface area contributed by atoms with Crippen LogP contribution < -0.4 is 0 Å². The number of carbonyl (C=O) groups excluding carboxylic acids is 2. The van der Waals surface area contributed by atoms with Gasteiger partial charge in [-0.3, -0.25) is 0 Å². The lowest BCUT2D eigenvalue weighted by atomic mass is 10.1. The quantitative estimate of drug-likeness (QED) is 0.646. The molecule has 0 saturated carbocycles. The Morgan fingerprint density at radius 1 is 0.576 bits per heavy atom. The summed E-state index contributed by atoms with van der Waals surface area (Å²) in [6.07, 6.45) is 3.96. The third kappa shape index (κ3) is 9.12. The minimum atomic E-state index is -1.06. The van der Waals surface area contributed by atoms with Crippen LogP contribution in [0.3, 0.4) is 0 Å². The molecular formula is C24H26O9. The van der Waals surface area contributed by atoms with Crippen LogP contribution in [0.25, 0.3) is 0 Å². The van der Waals surface area contributed by atoms with Gasteiger partial charge in [0.05, 0.1) is 35.5 Å². The Hall–Kier alpha value is -3.72. The van der Waals surface area contributed by atoms with Gasteiger partial charge in [-0.2, -0.15) is 0 Å². The lowest BCUT2D eigenvalue weighted by Gasteiger charge is -2.09. The minimum Gasteiger partial charge on any atom is -0.478 e. The van der Waals surface area contributed by atoms with Crippen LogP contribution in [-0.4, -0.2) is 60.5 Å². The lowest BCUT2D eigenvalue weighted by molar-refractivity contribution is 0.0427. The van der Waals surface area contributed by atoms with Gasteiger partial charge in [-0.1, -0.05) is 0 Å². The van der Waals surface area contributed by atoms with E-state index in [0.29, 0.717) is 37.2 Å². The van der Waals surface area contributed by atoms with E-state index in [9.17, 15) is 19.2 Å². The lowest BCUT2D eigenvalue weighted by Crippen LogP contribution is -2.12. The van der Waals surface area contributed by atoms with Crippen molar-refractivity contribution in [3.8, 4) is 0 Å². The van der Waals surface area contributed by atoms with Crippen molar-refractivity contribution in [2.24, 2.45) is 0 Å². The normalized spacial score (nSPS) is 15.3. The maximum Gasteiger partial charge on any atom is 0.338 e. The summed E-state index contributed by atoms with van der Waals surface area (Å²) in [5, 5.41) is 16.9. The number of carboxylic acids is 2. The Kier molecular flexibility index (Phi) is 10.6. The molecular weight excluding hydrogens is 432 g/mol. The highest BCUT2D eigenvalue weighted by Gasteiger charge is 2.12. The number of benzene rings is 2. The summed E-state index contributed by atoms with van der Waals surface area (Å²) in [6, 6.07) is 11.3. The van der Waals surface area contributed by atoms with Crippen molar-refractivity contribution in [1.82, 2.24) is 0 Å². The summed E-state index contributed by atoms with van der Waals surface area (Å²) in [6.45, 7) is 2.72. The molecule has 3 heterocycles. The first-order valence-corrected chi connectivity index (χ1v) is 10.5. The van der Waals surface area contributed by atoms with Gasteiger partial charge in [0.15, 0.2) is 0 Å². The minimum absolute atomic E-state index is 0.0833. The third-order valence-electron chi connectivity index (χ3n) is 4.57. The number of carboxylic acid groups (broad SMARTS) is 2. The molecule has 3 aliphatic rings. The number of hydrogen-bond donors (Lipinski definition) is 2. The van der Waals surface area contributed by atoms with E-state index < -0.39 is 11.9 Å². The van der Waals surface area contributed by atoms with Crippen LogP contribution in [0.1, 0.15) is 67.1 Å². The maximum atomic E-state index is 11.5. The monoisotopic (exact) mass is 458 g/mol. The molecule has 0 aliphatic carbocycles. The van der Waals surface area contributed by atoms with Crippen molar-refractivity contribution in [3.63, 3.8) is 0 Å². The van der Waals surface area contributed by atoms with Crippen molar-refractivity contribution < 1.29 is 43.6 Å². The first kappa shape index (κ1) is 25.5. The van der Waals surface area contributed by atoms with E-state index in [-0.39, 0.29) is 23.1 Å². The molecule has 9 heteroatoms. The second-order valence-corrected chi connectivity index (χ2v) is 7.06. The molecule has 9 nitrogen and oxygen atoms in total. The third-order valence-corrected chi connectivity index (χ3v) is 4.57. The number of ether oxygens (including phenoxy) is 3. The second-order valence-electron chi connectivity index (χ2n) is 7.06. The molecule has 176 valence electrons. The molecule has 0 spiro atoms. The van der Waals surface area contributed by atoms with Crippen molar-refractivity contribution in [3.05, 3.63) is 70.8 Å². The molecule has 33 heavy (non-hydrogen) atoms. The zero-order valence-electron chi connectivity index (χ0n) is 18.0. The predicted molar refractivity (Wildman–Crippen MR) is 117 cm³/mol. The zero-order valence-corrected chi connectivity index (χ0v) is 18.0. The highest BCUT2D eigenvalue weighted by Crippen LogP contribution is 2.10. The highest BCUT2D eigenvalue weighted by molar-refractivity contribution is 5.93. The van der Waals surface area contributed by atoms with Gasteiger partial charge < -0.3 is 24.4 Å². The standard InChI is InChI=1S/C12H12O4.C8H6O4.C4H8O/c13-11-9-3-5-10(6-4-9)12(14)16-8-2-1-7-15-11;9-7(10)5-1-2-6(4-3-5)8(11)12;1-2-4-5-3-1/h3-6H,1-2,7-8H2;1-4H,(H,9,10)(H,11,12);1-4H2. The first-order valence-electron chi connectivity index (χ1n) is 10.5. The Balaban J connectivity index is 0.000000198. The van der Waals surface area contributed by atoms with Gasteiger partial charge in [0.1, 0.15) is 0 Å². The van der Waals surface area contributed by atoms with Crippen LogP contribution in [0.5, 0.6) is 0 Å². The summed E-state index contributed by atoms with van der Waals surface area (Å²) in [7, 11) is 0. The average Bonchev–Trinajstić information content (AvgIpc) is 3.41. The molecule has 2 bridgehead atoms. The van der Waals surface area contributed by atoms with E-state index in [1.54, 1.807) is 24.3 Å². The van der Waals surface area contributed by atoms with E-state index in [2.05, 4.69) is 0 Å². The van der Waals surface area contributed by atoms with Crippen LogP contribution in [0.15, 0.2) is 48.5 Å². The second kappa shape index (κ2) is 13.6. The van der Waals surface area contributed by atoms with Crippen LogP contribution in [0.4, 0.5) is 0 Å². The van der Waals surface area contributed by atoms with Crippen molar-refractivity contribution >= 4 is 23.9 Å². The number of aromatic carboxylic acids is 2. The first-order chi connectivity index (χ1) is 15.9. The van der Waals surface area contributed by atoms with Gasteiger partial charge in [-0.15, -0.1) is 0 Å². The molecule has 2 aromatic carbocycles.